The van der Waals surface area contributed by atoms with Gasteiger partial charge in [-0.3, -0.25) is 0 Å². The highest BCUT2D eigenvalue weighted by molar-refractivity contribution is 5.73. The molecule has 1 aromatic heterocycles. The maximum atomic E-state index is 9.26. The van der Waals surface area contributed by atoms with E-state index in [1.54, 1.807) is 0 Å². The summed E-state index contributed by atoms with van der Waals surface area (Å²) in [6.07, 6.45) is 0. The minimum atomic E-state index is 0.122. The van der Waals surface area contributed by atoms with Crippen LogP contribution < -0.4 is 5.32 Å². The SMILES string of the molecule is Cc1nc2ccc(CNC(CO)C(C)C)cc2o1. The van der Waals surface area contributed by atoms with E-state index in [0.29, 0.717) is 11.8 Å². The summed E-state index contributed by atoms with van der Waals surface area (Å²) < 4.78 is 5.50. The fourth-order valence-electron chi connectivity index (χ4n) is 1.95. The average molecular weight is 248 g/mol. The third-order valence-electron chi connectivity index (χ3n) is 3.13. The van der Waals surface area contributed by atoms with E-state index in [4.69, 9.17) is 4.42 Å². The van der Waals surface area contributed by atoms with Crippen molar-refractivity contribution in [2.45, 2.75) is 33.4 Å². The minimum Gasteiger partial charge on any atom is -0.441 e. The number of nitrogens with one attached hydrogen (secondary N) is 1. The molecule has 0 spiro atoms. The van der Waals surface area contributed by atoms with Crippen LogP contribution in [0.4, 0.5) is 0 Å². The second kappa shape index (κ2) is 5.50. The van der Waals surface area contributed by atoms with E-state index >= 15 is 0 Å². The molecule has 0 amide bonds. The lowest BCUT2D eigenvalue weighted by Crippen LogP contribution is -2.36. The highest BCUT2D eigenvalue weighted by Gasteiger charge is 2.11. The van der Waals surface area contributed by atoms with Crippen LogP contribution in [0.1, 0.15) is 25.3 Å². The van der Waals surface area contributed by atoms with Gasteiger partial charge in [-0.05, 0) is 23.6 Å². The molecule has 1 heterocycles. The fraction of sp³-hybridized carbons (Fsp3) is 0.500. The van der Waals surface area contributed by atoms with Gasteiger partial charge in [0.2, 0.25) is 0 Å². The predicted molar refractivity (Wildman–Crippen MR) is 71.3 cm³/mol. The molecule has 0 radical (unpaired) electrons. The molecule has 0 aliphatic rings. The van der Waals surface area contributed by atoms with Crippen molar-refractivity contribution in [3.8, 4) is 0 Å². The molecule has 0 aliphatic heterocycles. The van der Waals surface area contributed by atoms with Crippen LogP contribution in [-0.4, -0.2) is 22.7 Å². The zero-order valence-corrected chi connectivity index (χ0v) is 11.1. The van der Waals surface area contributed by atoms with Crippen molar-refractivity contribution in [2.75, 3.05) is 6.61 Å². The first-order chi connectivity index (χ1) is 8.60. The number of aliphatic hydroxyl groups excluding tert-OH is 1. The molecule has 1 aromatic carbocycles. The summed E-state index contributed by atoms with van der Waals surface area (Å²) in [4.78, 5) is 4.27. The van der Waals surface area contributed by atoms with Gasteiger partial charge in [0.15, 0.2) is 11.5 Å². The van der Waals surface area contributed by atoms with E-state index in [1.165, 1.54) is 0 Å². The maximum Gasteiger partial charge on any atom is 0.192 e. The molecule has 2 N–H and O–H groups in total. The van der Waals surface area contributed by atoms with Crippen LogP contribution in [0, 0.1) is 12.8 Å². The van der Waals surface area contributed by atoms with E-state index in [1.807, 2.05) is 25.1 Å². The van der Waals surface area contributed by atoms with Crippen LogP contribution in [0.5, 0.6) is 0 Å². The van der Waals surface area contributed by atoms with Crippen molar-refractivity contribution >= 4 is 11.1 Å². The number of nitrogens with zero attached hydrogens (tertiary/aromatic N) is 1. The summed E-state index contributed by atoms with van der Waals surface area (Å²) in [6.45, 7) is 6.91. The standard InChI is InChI=1S/C14H20N2O2/c1-9(2)13(8-17)15-7-11-4-5-12-14(6-11)18-10(3)16-12/h4-6,9,13,15,17H,7-8H2,1-3H3. The largest absolute Gasteiger partial charge is 0.441 e. The minimum absolute atomic E-state index is 0.122. The molecule has 4 heteroatoms. The van der Waals surface area contributed by atoms with Crippen molar-refractivity contribution in [3.05, 3.63) is 29.7 Å². The number of aryl methyl sites for hydroxylation is 1. The third-order valence-corrected chi connectivity index (χ3v) is 3.13. The number of rotatable bonds is 5. The molecule has 2 aromatic rings. The Bertz CT molecular complexity index is 519. The van der Waals surface area contributed by atoms with E-state index in [9.17, 15) is 5.11 Å². The molecule has 0 fully saturated rings. The number of aromatic nitrogens is 1. The summed E-state index contributed by atoms with van der Waals surface area (Å²) >= 11 is 0. The van der Waals surface area contributed by atoms with E-state index in [0.717, 1.165) is 23.2 Å². The van der Waals surface area contributed by atoms with Crippen molar-refractivity contribution in [1.82, 2.24) is 10.3 Å². The summed E-state index contributed by atoms with van der Waals surface area (Å²) in [5, 5.41) is 12.6. The smallest absolute Gasteiger partial charge is 0.192 e. The van der Waals surface area contributed by atoms with Gasteiger partial charge in [0.05, 0.1) is 6.61 Å². The molecule has 0 saturated heterocycles. The normalized spacial score (nSPS) is 13.4. The van der Waals surface area contributed by atoms with Crippen LogP contribution >= 0.6 is 0 Å². The molecule has 0 bridgehead atoms. The Hall–Kier alpha value is -1.39. The summed E-state index contributed by atoms with van der Waals surface area (Å²) in [7, 11) is 0. The second-order valence-corrected chi connectivity index (χ2v) is 4.95. The number of benzene rings is 1. The number of aliphatic hydroxyl groups is 1. The van der Waals surface area contributed by atoms with Crippen molar-refractivity contribution in [3.63, 3.8) is 0 Å². The lowest BCUT2D eigenvalue weighted by Gasteiger charge is -2.19. The predicted octanol–water partition coefficient (Wildman–Crippen LogP) is 2.24. The van der Waals surface area contributed by atoms with Crippen LogP contribution in [0.25, 0.3) is 11.1 Å². The molecule has 0 aliphatic carbocycles. The first-order valence-electron chi connectivity index (χ1n) is 6.30. The van der Waals surface area contributed by atoms with Gasteiger partial charge >= 0.3 is 0 Å². The Morgan fingerprint density at radius 1 is 1.39 bits per heavy atom. The highest BCUT2D eigenvalue weighted by atomic mass is 16.3. The molecular weight excluding hydrogens is 228 g/mol. The Morgan fingerprint density at radius 3 is 2.83 bits per heavy atom. The molecule has 0 saturated carbocycles. The van der Waals surface area contributed by atoms with Gasteiger partial charge in [0.25, 0.3) is 0 Å². The van der Waals surface area contributed by atoms with Crippen LogP contribution in [0.3, 0.4) is 0 Å². The van der Waals surface area contributed by atoms with Crippen LogP contribution in [0.15, 0.2) is 22.6 Å². The maximum absolute atomic E-state index is 9.26. The monoisotopic (exact) mass is 248 g/mol. The van der Waals surface area contributed by atoms with Crippen molar-refractivity contribution in [2.24, 2.45) is 5.92 Å². The zero-order valence-electron chi connectivity index (χ0n) is 11.1. The first kappa shape index (κ1) is 13.1. The van der Waals surface area contributed by atoms with Crippen LogP contribution in [-0.2, 0) is 6.54 Å². The van der Waals surface area contributed by atoms with Crippen molar-refractivity contribution < 1.29 is 9.52 Å². The number of fused-ring (bicyclic) bond motifs is 1. The van der Waals surface area contributed by atoms with Crippen LogP contribution in [0.2, 0.25) is 0 Å². The summed E-state index contributed by atoms with van der Waals surface area (Å²) in [6, 6.07) is 6.12. The quantitative estimate of drug-likeness (QED) is 0.852. The van der Waals surface area contributed by atoms with Gasteiger partial charge in [0.1, 0.15) is 5.52 Å². The Balaban J connectivity index is 2.07. The molecule has 1 atom stereocenters. The topological polar surface area (TPSA) is 58.3 Å². The summed E-state index contributed by atoms with van der Waals surface area (Å²) in [5.41, 5.74) is 2.84. The second-order valence-electron chi connectivity index (χ2n) is 4.95. The lowest BCUT2D eigenvalue weighted by molar-refractivity contribution is 0.210. The number of oxazole rings is 1. The molecular formula is C14H20N2O2. The lowest BCUT2D eigenvalue weighted by atomic mass is 10.1. The fourth-order valence-corrected chi connectivity index (χ4v) is 1.95. The molecule has 4 nitrogen and oxygen atoms in total. The molecule has 2 rings (SSSR count). The molecule has 18 heavy (non-hydrogen) atoms. The van der Waals surface area contributed by atoms with E-state index in [2.05, 4.69) is 24.1 Å². The van der Waals surface area contributed by atoms with Gasteiger partial charge in [-0.15, -0.1) is 0 Å². The zero-order chi connectivity index (χ0) is 13.1. The van der Waals surface area contributed by atoms with Gasteiger partial charge in [-0.2, -0.15) is 0 Å². The molecule has 98 valence electrons. The Kier molecular flexibility index (Phi) is 3.99. The van der Waals surface area contributed by atoms with Gasteiger partial charge in [-0.1, -0.05) is 19.9 Å². The van der Waals surface area contributed by atoms with Crippen molar-refractivity contribution in [1.29, 1.82) is 0 Å². The number of hydrogen-bond acceptors (Lipinski definition) is 4. The van der Waals surface area contributed by atoms with Gasteiger partial charge in [0, 0.05) is 19.5 Å². The average Bonchev–Trinajstić information content (AvgIpc) is 2.68. The Labute approximate surface area is 107 Å². The van der Waals surface area contributed by atoms with E-state index < -0.39 is 0 Å². The van der Waals surface area contributed by atoms with Gasteiger partial charge in [-0.25, -0.2) is 4.98 Å². The molecule has 1 unspecified atom stereocenters. The third kappa shape index (κ3) is 2.89. The van der Waals surface area contributed by atoms with E-state index in [-0.39, 0.29) is 12.6 Å². The Morgan fingerprint density at radius 2 is 2.17 bits per heavy atom. The highest BCUT2D eigenvalue weighted by Crippen LogP contribution is 2.17. The summed E-state index contributed by atoms with van der Waals surface area (Å²) in [5.74, 6) is 1.09. The first-order valence-corrected chi connectivity index (χ1v) is 6.30. The number of hydrogen-bond donors (Lipinski definition) is 2. The van der Waals surface area contributed by atoms with Gasteiger partial charge < -0.3 is 14.8 Å².